The van der Waals surface area contributed by atoms with Gasteiger partial charge in [-0.1, -0.05) is 6.92 Å². The minimum Gasteiger partial charge on any atom is -0.356 e. The van der Waals surface area contributed by atoms with Crippen LogP contribution < -0.4 is 15.5 Å². The van der Waals surface area contributed by atoms with E-state index < -0.39 is 0 Å². The van der Waals surface area contributed by atoms with Crippen LogP contribution in [0.4, 0.5) is 5.82 Å². The topological polar surface area (TPSA) is 70.2 Å². The van der Waals surface area contributed by atoms with E-state index in [2.05, 4.69) is 38.5 Å². The highest BCUT2D eigenvalue weighted by Crippen LogP contribution is 2.32. The van der Waals surface area contributed by atoms with E-state index in [-0.39, 0.29) is 5.91 Å². The largest absolute Gasteiger partial charge is 0.356 e. The van der Waals surface area contributed by atoms with Crippen molar-refractivity contribution in [2.75, 3.05) is 18.0 Å². The first-order chi connectivity index (χ1) is 12.7. The lowest BCUT2D eigenvalue weighted by Crippen LogP contribution is -2.46. The predicted molar refractivity (Wildman–Crippen MR) is 102 cm³/mol. The van der Waals surface area contributed by atoms with Crippen molar-refractivity contribution in [2.24, 2.45) is 5.92 Å². The number of carbonyl (C=O) groups excluding carboxylic acids is 1. The van der Waals surface area contributed by atoms with Crippen LogP contribution in [0.5, 0.6) is 0 Å². The van der Waals surface area contributed by atoms with Crippen molar-refractivity contribution in [3.8, 4) is 0 Å². The number of piperidine rings is 2. The molecule has 6 nitrogen and oxygen atoms in total. The van der Waals surface area contributed by atoms with E-state index in [0.717, 1.165) is 43.9 Å². The molecule has 6 heteroatoms. The standard InChI is InChI=1S/C20H31N5O/c1-2-15-12-19(22-13-21-15)25-7-5-16(6-8-25)24-20(26)11-14-9-17-3-4-18(10-14)23-17/h12-14,16-18,23H,2-11H2,1H3,(H,24,26). The van der Waals surface area contributed by atoms with E-state index in [4.69, 9.17) is 0 Å². The summed E-state index contributed by atoms with van der Waals surface area (Å²) in [5.41, 5.74) is 1.08. The van der Waals surface area contributed by atoms with Crippen LogP contribution in [0, 0.1) is 5.92 Å². The number of fused-ring (bicyclic) bond motifs is 2. The lowest BCUT2D eigenvalue weighted by Gasteiger charge is -2.34. The maximum absolute atomic E-state index is 12.5. The Morgan fingerprint density at radius 1 is 1.19 bits per heavy atom. The highest BCUT2D eigenvalue weighted by Gasteiger charge is 2.34. The number of amides is 1. The number of hydrogen-bond acceptors (Lipinski definition) is 5. The molecular weight excluding hydrogens is 326 g/mol. The number of nitrogens with one attached hydrogen (secondary N) is 2. The first-order valence-electron chi connectivity index (χ1n) is 10.3. The zero-order chi connectivity index (χ0) is 17.9. The van der Waals surface area contributed by atoms with Gasteiger partial charge in [-0.05, 0) is 50.9 Å². The van der Waals surface area contributed by atoms with Crippen LogP contribution in [0.15, 0.2) is 12.4 Å². The van der Waals surface area contributed by atoms with E-state index in [1.165, 1.54) is 25.7 Å². The van der Waals surface area contributed by atoms with E-state index in [1.807, 2.05) is 0 Å². The molecule has 2 unspecified atom stereocenters. The average Bonchev–Trinajstić information content (AvgIpc) is 3.00. The number of aromatic nitrogens is 2. The lowest BCUT2D eigenvalue weighted by molar-refractivity contribution is -0.123. The zero-order valence-corrected chi connectivity index (χ0v) is 15.8. The quantitative estimate of drug-likeness (QED) is 0.844. The van der Waals surface area contributed by atoms with Crippen LogP contribution in [-0.2, 0) is 11.2 Å². The number of anilines is 1. The highest BCUT2D eigenvalue weighted by molar-refractivity contribution is 5.76. The first kappa shape index (κ1) is 17.7. The fraction of sp³-hybridized carbons (Fsp3) is 0.750. The average molecular weight is 358 g/mol. The molecular formula is C20H31N5O. The molecule has 3 aliphatic rings. The van der Waals surface area contributed by atoms with Crippen molar-refractivity contribution in [3.63, 3.8) is 0 Å². The van der Waals surface area contributed by atoms with E-state index in [0.29, 0.717) is 30.5 Å². The van der Waals surface area contributed by atoms with Crippen molar-refractivity contribution in [2.45, 2.75) is 76.4 Å². The molecule has 2 atom stereocenters. The van der Waals surface area contributed by atoms with Crippen molar-refractivity contribution in [1.82, 2.24) is 20.6 Å². The van der Waals surface area contributed by atoms with Crippen LogP contribution >= 0.6 is 0 Å². The van der Waals surface area contributed by atoms with Crippen molar-refractivity contribution < 1.29 is 4.79 Å². The second-order valence-electron chi connectivity index (χ2n) is 8.23. The Labute approximate surface area is 156 Å². The molecule has 2 bridgehead atoms. The van der Waals surface area contributed by atoms with Gasteiger partial charge in [0, 0.05) is 49.4 Å². The Morgan fingerprint density at radius 3 is 2.62 bits per heavy atom. The Bertz CT molecular complexity index is 616. The van der Waals surface area contributed by atoms with E-state index >= 15 is 0 Å². The lowest BCUT2D eigenvalue weighted by atomic mass is 9.89. The molecule has 3 saturated heterocycles. The van der Waals surface area contributed by atoms with Gasteiger partial charge in [0.15, 0.2) is 0 Å². The Hall–Kier alpha value is -1.69. The van der Waals surface area contributed by atoms with Gasteiger partial charge >= 0.3 is 0 Å². The Balaban J connectivity index is 1.22. The fourth-order valence-electron chi connectivity index (χ4n) is 4.90. The molecule has 142 valence electrons. The molecule has 1 aromatic heterocycles. The molecule has 2 N–H and O–H groups in total. The van der Waals surface area contributed by atoms with Crippen LogP contribution in [0.25, 0.3) is 0 Å². The number of nitrogens with zero attached hydrogens (tertiary/aromatic N) is 3. The summed E-state index contributed by atoms with van der Waals surface area (Å²) in [6, 6.07) is 3.72. The first-order valence-corrected chi connectivity index (χ1v) is 10.3. The Kier molecular flexibility index (Phi) is 5.38. The maximum atomic E-state index is 12.5. The van der Waals surface area contributed by atoms with Gasteiger partial charge in [-0.2, -0.15) is 0 Å². The molecule has 3 aliphatic heterocycles. The van der Waals surface area contributed by atoms with Gasteiger partial charge in [-0.25, -0.2) is 9.97 Å². The van der Waals surface area contributed by atoms with Crippen molar-refractivity contribution >= 4 is 11.7 Å². The number of carbonyl (C=O) groups is 1. The van der Waals surface area contributed by atoms with Gasteiger partial charge in [-0.3, -0.25) is 4.79 Å². The number of hydrogen-bond donors (Lipinski definition) is 2. The van der Waals surface area contributed by atoms with Crippen LogP contribution in [0.3, 0.4) is 0 Å². The van der Waals surface area contributed by atoms with Gasteiger partial charge in [0.05, 0.1) is 0 Å². The van der Waals surface area contributed by atoms with Crippen LogP contribution in [-0.4, -0.2) is 47.1 Å². The smallest absolute Gasteiger partial charge is 0.220 e. The zero-order valence-electron chi connectivity index (χ0n) is 15.8. The maximum Gasteiger partial charge on any atom is 0.220 e. The summed E-state index contributed by atoms with van der Waals surface area (Å²) in [5.74, 6) is 1.85. The highest BCUT2D eigenvalue weighted by atomic mass is 16.1. The second-order valence-corrected chi connectivity index (χ2v) is 8.23. The third-order valence-corrected chi connectivity index (χ3v) is 6.30. The van der Waals surface area contributed by atoms with Gasteiger partial charge in [0.1, 0.15) is 12.1 Å². The second kappa shape index (κ2) is 7.91. The summed E-state index contributed by atoms with van der Waals surface area (Å²) in [5, 5.41) is 6.95. The molecule has 4 heterocycles. The summed E-state index contributed by atoms with van der Waals surface area (Å²) in [6.45, 7) is 4.01. The van der Waals surface area contributed by atoms with E-state index in [1.54, 1.807) is 6.33 Å². The van der Waals surface area contributed by atoms with Gasteiger partial charge in [-0.15, -0.1) is 0 Å². The van der Waals surface area contributed by atoms with Crippen LogP contribution in [0.2, 0.25) is 0 Å². The predicted octanol–water partition coefficient (Wildman–Crippen LogP) is 2.04. The molecule has 0 saturated carbocycles. The normalized spacial score (nSPS) is 29.0. The monoisotopic (exact) mass is 357 g/mol. The van der Waals surface area contributed by atoms with Gasteiger partial charge in [0.25, 0.3) is 0 Å². The molecule has 1 amide bonds. The fourth-order valence-corrected chi connectivity index (χ4v) is 4.90. The summed E-state index contributed by atoms with van der Waals surface area (Å²) in [4.78, 5) is 23.5. The third kappa shape index (κ3) is 4.17. The molecule has 26 heavy (non-hydrogen) atoms. The van der Waals surface area contributed by atoms with Crippen molar-refractivity contribution in [3.05, 3.63) is 18.1 Å². The molecule has 0 radical (unpaired) electrons. The van der Waals surface area contributed by atoms with E-state index in [9.17, 15) is 4.79 Å². The molecule has 1 aromatic rings. The summed E-state index contributed by atoms with van der Waals surface area (Å²) in [7, 11) is 0. The molecule has 0 spiro atoms. The molecule has 0 aromatic carbocycles. The molecule has 3 fully saturated rings. The minimum absolute atomic E-state index is 0.255. The summed E-state index contributed by atoms with van der Waals surface area (Å²) in [6.07, 6.45) is 10.2. The third-order valence-electron chi connectivity index (χ3n) is 6.30. The van der Waals surface area contributed by atoms with Crippen LogP contribution in [0.1, 0.15) is 57.6 Å². The molecule has 4 rings (SSSR count). The van der Waals surface area contributed by atoms with Gasteiger partial charge in [0.2, 0.25) is 5.91 Å². The Morgan fingerprint density at radius 2 is 1.92 bits per heavy atom. The number of aryl methyl sites for hydroxylation is 1. The number of rotatable bonds is 5. The molecule has 0 aliphatic carbocycles. The summed E-state index contributed by atoms with van der Waals surface area (Å²) < 4.78 is 0. The minimum atomic E-state index is 0.255. The summed E-state index contributed by atoms with van der Waals surface area (Å²) >= 11 is 0. The SMILES string of the molecule is CCc1cc(N2CCC(NC(=O)CC3CC4CCC(C3)N4)CC2)ncn1. The van der Waals surface area contributed by atoms with Crippen molar-refractivity contribution in [1.29, 1.82) is 0 Å². The van der Waals surface area contributed by atoms with Gasteiger partial charge < -0.3 is 15.5 Å².